The van der Waals surface area contributed by atoms with Crippen molar-refractivity contribution in [3.05, 3.63) is 28.8 Å². The molecule has 0 saturated carbocycles. The van der Waals surface area contributed by atoms with Crippen LogP contribution >= 0.6 is 11.6 Å². The zero-order chi connectivity index (χ0) is 14.6. The number of anilines is 1. The van der Waals surface area contributed by atoms with Gasteiger partial charge in [0, 0.05) is 10.7 Å². The Hall–Kier alpha value is -1.95. The molecule has 0 atom stereocenters. The minimum Gasteiger partial charge on any atom is -0.409 e. The van der Waals surface area contributed by atoms with Gasteiger partial charge in [0.05, 0.1) is 5.54 Å². The summed E-state index contributed by atoms with van der Waals surface area (Å²) in [5, 5.41) is 17.3. The van der Waals surface area contributed by atoms with Crippen LogP contribution in [0.5, 0.6) is 0 Å². The van der Waals surface area contributed by atoms with Gasteiger partial charge in [0.15, 0.2) is 5.84 Å². The molecule has 0 fully saturated rings. The number of benzene rings is 1. The molecule has 1 aromatic rings. The van der Waals surface area contributed by atoms with Crippen LogP contribution in [0.15, 0.2) is 23.4 Å². The van der Waals surface area contributed by atoms with Crippen LogP contribution in [0, 0.1) is 6.92 Å². The van der Waals surface area contributed by atoms with Gasteiger partial charge in [-0.25, -0.2) is 4.79 Å². The average molecular weight is 285 g/mol. The van der Waals surface area contributed by atoms with Crippen LogP contribution < -0.4 is 16.4 Å². The highest BCUT2D eigenvalue weighted by Gasteiger charge is 2.25. The predicted molar refractivity (Wildman–Crippen MR) is 75.8 cm³/mol. The predicted octanol–water partition coefficient (Wildman–Crippen LogP) is 2.29. The van der Waals surface area contributed by atoms with Crippen molar-refractivity contribution in [2.45, 2.75) is 26.3 Å². The number of hydrogen-bond acceptors (Lipinski definition) is 3. The molecule has 0 aliphatic carbocycles. The van der Waals surface area contributed by atoms with E-state index in [9.17, 15) is 4.79 Å². The second-order valence-electron chi connectivity index (χ2n) is 4.65. The van der Waals surface area contributed by atoms with Gasteiger partial charge in [0.1, 0.15) is 0 Å². The summed E-state index contributed by atoms with van der Waals surface area (Å²) in [6.07, 6.45) is 0. The van der Waals surface area contributed by atoms with Crippen LogP contribution in [-0.2, 0) is 0 Å². The van der Waals surface area contributed by atoms with Gasteiger partial charge in [-0.1, -0.05) is 22.8 Å². The molecular formula is C12H17ClN4O2. The van der Waals surface area contributed by atoms with Crippen molar-refractivity contribution in [1.82, 2.24) is 5.32 Å². The van der Waals surface area contributed by atoms with Gasteiger partial charge >= 0.3 is 6.03 Å². The van der Waals surface area contributed by atoms with E-state index in [2.05, 4.69) is 15.8 Å². The normalized spacial score (nSPS) is 12.1. The first-order chi connectivity index (χ1) is 8.76. The summed E-state index contributed by atoms with van der Waals surface area (Å²) in [7, 11) is 0. The van der Waals surface area contributed by atoms with E-state index in [1.54, 1.807) is 32.0 Å². The van der Waals surface area contributed by atoms with Crippen molar-refractivity contribution in [2.75, 3.05) is 5.32 Å². The van der Waals surface area contributed by atoms with E-state index in [1.807, 2.05) is 6.92 Å². The second-order valence-corrected chi connectivity index (χ2v) is 5.06. The van der Waals surface area contributed by atoms with Crippen molar-refractivity contribution in [3.63, 3.8) is 0 Å². The highest BCUT2D eigenvalue weighted by atomic mass is 35.5. The maximum atomic E-state index is 11.8. The molecule has 7 heteroatoms. The lowest BCUT2D eigenvalue weighted by Crippen LogP contribution is -2.54. The summed E-state index contributed by atoms with van der Waals surface area (Å²) in [5.41, 5.74) is 5.99. The quantitative estimate of drug-likeness (QED) is 0.296. The number of oxime groups is 1. The molecule has 0 aliphatic rings. The van der Waals surface area contributed by atoms with Crippen LogP contribution in [0.1, 0.15) is 19.4 Å². The van der Waals surface area contributed by atoms with E-state index in [4.69, 9.17) is 22.5 Å². The zero-order valence-corrected chi connectivity index (χ0v) is 11.7. The maximum Gasteiger partial charge on any atom is 0.320 e. The summed E-state index contributed by atoms with van der Waals surface area (Å²) in [6, 6.07) is 4.70. The largest absolute Gasteiger partial charge is 0.409 e. The molecule has 0 saturated heterocycles. The summed E-state index contributed by atoms with van der Waals surface area (Å²) in [6.45, 7) is 5.10. The van der Waals surface area contributed by atoms with Crippen LogP contribution in [0.2, 0.25) is 5.02 Å². The summed E-state index contributed by atoms with van der Waals surface area (Å²) in [5.74, 6) is -0.0930. The molecule has 5 N–H and O–H groups in total. The average Bonchev–Trinajstić information content (AvgIpc) is 2.32. The third-order valence-electron chi connectivity index (χ3n) is 2.60. The number of rotatable bonds is 3. The highest BCUT2D eigenvalue weighted by Crippen LogP contribution is 2.19. The number of carbonyl (C=O) groups is 1. The zero-order valence-electron chi connectivity index (χ0n) is 11.0. The van der Waals surface area contributed by atoms with Gasteiger partial charge in [0.25, 0.3) is 0 Å². The van der Waals surface area contributed by atoms with Crippen LogP contribution in [0.4, 0.5) is 10.5 Å². The lowest BCUT2D eigenvalue weighted by atomic mass is 10.1. The van der Waals surface area contributed by atoms with Gasteiger partial charge in [-0.2, -0.15) is 0 Å². The number of nitrogens with one attached hydrogen (secondary N) is 2. The van der Waals surface area contributed by atoms with Crippen molar-refractivity contribution in [2.24, 2.45) is 10.9 Å². The van der Waals surface area contributed by atoms with E-state index >= 15 is 0 Å². The van der Waals surface area contributed by atoms with Gasteiger partial charge in [0.2, 0.25) is 0 Å². The lowest BCUT2D eigenvalue weighted by molar-refractivity contribution is 0.246. The summed E-state index contributed by atoms with van der Waals surface area (Å²) in [4.78, 5) is 11.8. The minimum atomic E-state index is -0.965. The molecule has 1 aromatic carbocycles. The molecule has 0 spiro atoms. The molecule has 2 amide bonds. The first kappa shape index (κ1) is 15.1. The summed E-state index contributed by atoms with van der Waals surface area (Å²) < 4.78 is 0. The number of hydrogen-bond donors (Lipinski definition) is 4. The Labute approximate surface area is 116 Å². The third-order valence-corrected chi connectivity index (χ3v) is 3.01. The number of halogens is 1. The number of urea groups is 1. The number of nitrogens with zero attached hydrogens (tertiary/aromatic N) is 1. The molecule has 1 rings (SSSR count). The van der Waals surface area contributed by atoms with Crippen molar-refractivity contribution < 1.29 is 10.0 Å². The standard InChI is InChI=1S/C12H17ClN4O2/c1-7-4-5-8(6-9(7)13)15-11(18)16-12(2,3)10(14)17-19/h4-6,19H,1-3H3,(H2,14,17)(H2,15,16,18). The lowest BCUT2D eigenvalue weighted by Gasteiger charge is -2.24. The number of aryl methyl sites for hydroxylation is 1. The molecule has 6 nitrogen and oxygen atoms in total. The number of amides is 2. The molecule has 0 aromatic heterocycles. The Morgan fingerprint density at radius 2 is 2.11 bits per heavy atom. The number of carbonyl (C=O) groups excluding carboxylic acids is 1. The van der Waals surface area contributed by atoms with Gasteiger partial charge < -0.3 is 21.6 Å². The van der Waals surface area contributed by atoms with Crippen LogP contribution in [0.25, 0.3) is 0 Å². The topological polar surface area (TPSA) is 99.7 Å². The molecule has 0 aliphatic heterocycles. The molecule has 0 radical (unpaired) electrons. The fourth-order valence-corrected chi connectivity index (χ4v) is 1.49. The van der Waals surface area contributed by atoms with Crippen molar-refractivity contribution in [1.29, 1.82) is 0 Å². The Morgan fingerprint density at radius 3 is 2.63 bits per heavy atom. The van der Waals surface area contributed by atoms with Crippen LogP contribution in [-0.4, -0.2) is 22.6 Å². The third kappa shape index (κ3) is 4.03. The smallest absolute Gasteiger partial charge is 0.320 e. The maximum absolute atomic E-state index is 11.8. The highest BCUT2D eigenvalue weighted by molar-refractivity contribution is 6.31. The molecule has 19 heavy (non-hydrogen) atoms. The first-order valence-corrected chi connectivity index (χ1v) is 5.97. The fourth-order valence-electron chi connectivity index (χ4n) is 1.31. The molecule has 0 unspecified atom stereocenters. The Bertz CT molecular complexity index is 514. The summed E-state index contributed by atoms with van der Waals surface area (Å²) >= 11 is 5.96. The Morgan fingerprint density at radius 1 is 1.47 bits per heavy atom. The SMILES string of the molecule is Cc1ccc(NC(=O)NC(C)(C)/C(N)=N/O)cc1Cl. The van der Waals surface area contributed by atoms with Gasteiger partial charge in [-0.05, 0) is 38.5 Å². The molecule has 104 valence electrons. The van der Waals surface area contributed by atoms with Gasteiger partial charge in [-0.3, -0.25) is 0 Å². The second kappa shape index (κ2) is 5.79. The van der Waals surface area contributed by atoms with E-state index in [0.717, 1.165) is 5.56 Å². The Balaban J connectivity index is 2.73. The molecule has 0 heterocycles. The number of amidine groups is 1. The van der Waals surface area contributed by atoms with Crippen molar-refractivity contribution in [3.8, 4) is 0 Å². The van der Waals surface area contributed by atoms with E-state index in [1.165, 1.54) is 0 Å². The Kier molecular flexibility index (Phi) is 4.61. The van der Waals surface area contributed by atoms with Crippen LogP contribution in [0.3, 0.4) is 0 Å². The van der Waals surface area contributed by atoms with E-state index < -0.39 is 11.6 Å². The first-order valence-electron chi connectivity index (χ1n) is 5.59. The minimum absolute atomic E-state index is 0.0930. The number of nitrogens with two attached hydrogens (primary N) is 1. The fraction of sp³-hybridized carbons (Fsp3) is 0.333. The van der Waals surface area contributed by atoms with E-state index in [0.29, 0.717) is 10.7 Å². The molecular weight excluding hydrogens is 268 g/mol. The molecule has 0 bridgehead atoms. The van der Waals surface area contributed by atoms with Gasteiger partial charge in [-0.15, -0.1) is 0 Å². The monoisotopic (exact) mass is 284 g/mol. The van der Waals surface area contributed by atoms with E-state index in [-0.39, 0.29) is 5.84 Å². The van der Waals surface area contributed by atoms with Crippen molar-refractivity contribution >= 4 is 29.2 Å².